The molecule has 0 aliphatic carbocycles. The van der Waals surface area contributed by atoms with Crippen molar-refractivity contribution in [3.05, 3.63) is 36.3 Å². The molecule has 0 radical (unpaired) electrons. The Hall–Kier alpha value is -2.75. The normalized spacial score (nSPS) is 18.2. The zero-order valence-electron chi connectivity index (χ0n) is 16.9. The number of aromatic nitrogens is 3. The minimum absolute atomic E-state index is 0.0914. The number of carbonyl (C=O) groups is 1. The van der Waals surface area contributed by atoms with Crippen LogP contribution in [0.25, 0.3) is 16.6 Å². The molecule has 2 aliphatic heterocycles. The lowest BCUT2D eigenvalue weighted by molar-refractivity contribution is 0.0383. The summed E-state index contributed by atoms with van der Waals surface area (Å²) >= 11 is 0. The number of carbonyl (C=O) groups excluding carboxylic acids is 1. The summed E-state index contributed by atoms with van der Waals surface area (Å²) < 4.78 is 12.9. The first kappa shape index (κ1) is 19.2. The third kappa shape index (κ3) is 3.60. The topological polar surface area (TPSA) is 84.2 Å². The molecule has 3 aromatic heterocycles. The smallest absolute Gasteiger partial charge is 0.254 e. The van der Waals surface area contributed by atoms with Crippen LogP contribution in [0.1, 0.15) is 10.4 Å². The minimum Gasteiger partial charge on any atom is -0.379 e. The van der Waals surface area contributed by atoms with Crippen molar-refractivity contribution < 1.29 is 14.3 Å². The third-order valence-corrected chi connectivity index (χ3v) is 5.76. The molecule has 1 N–H and O–H groups in total. The molecule has 5 heterocycles. The van der Waals surface area contributed by atoms with E-state index in [0.29, 0.717) is 25.3 Å². The standard InChI is InChI=1S/C21H26N6O3/c28-21(22-4-6-25-7-11-29-12-8-25)17-16-3-1-2-5-27(16)20-18(17)19(23-15-24-20)26-9-13-30-14-10-26/h1-3,5,15H,4,6-14H2,(H,22,28). The molecule has 30 heavy (non-hydrogen) atoms. The van der Waals surface area contributed by atoms with Crippen LogP contribution >= 0.6 is 0 Å². The second kappa shape index (κ2) is 8.55. The maximum atomic E-state index is 13.3. The van der Waals surface area contributed by atoms with Crippen LogP contribution in [-0.4, -0.2) is 90.9 Å². The molecule has 3 aromatic rings. The fourth-order valence-electron chi connectivity index (χ4n) is 4.22. The molecule has 0 aromatic carbocycles. The Morgan fingerprint density at radius 2 is 1.80 bits per heavy atom. The van der Waals surface area contributed by atoms with Crippen LogP contribution in [0.2, 0.25) is 0 Å². The molecule has 158 valence electrons. The van der Waals surface area contributed by atoms with Gasteiger partial charge < -0.3 is 24.1 Å². The summed E-state index contributed by atoms with van der Waals surface area (Å²) in [5, 5.41) is 3.91. The number of amides is 1. The largest absolute Gasteiger partial charge is 0.379 e. The quantitative estimate of drug-likeness (QED) is 0.665. The van der Waals surface area contributed by atoms with E-state index in [-0.39, 0.29) is 5.91 Å². The van der Waals surface area contributed by atoms with Gasteiger partial charge in [0.25, 0.3) is 5.91 Å². The van der Waals surface area contributed by atoms with Gasteiger partial charge in [0.15, 0.2) is 5.65 Å². The molecule has 2 saturated heterocycles. The molecular weight excluding hydrogens is 384 g/mol. The minimum atomic E-state index is -0.0914. The van der Waals surface area contributed by atoms with Gasteiger partial charge in [-0.05, 0) is 12.1 Å². The van der Waals surface area contributed by atoms with Crippen LogP contribution < -0.4 is 10.2 Å². The van der Waals surface area contributed by atoms with Crippen LogP contribution in [0.15, 0.2) is 30.7 Å². The second-order valence-electron chi connectivity index (χ2n) is 7.54. The van der Waals surface area contributed by atoms with Crippen molar-refractivity contribution in [2.45, 2.75) is 0 Å². The molecular formula is C21H26N6O3. The lowest BCUT2D eigenvalue weighted by Gasteiger charge is -2.28. The highest BCUT2D eigenvalue weighted by atomic mass is 16.5. The van der Waals surface area contributed by atoms with Crippen molar-refractivity contribution in [3.8, 4) is 0 Å². The maximum absolute atomic E-state index is 13.3. The number of nitrogens with one attached hydrogen (secondary N) is 1. The van der Waals surface area contributed by atoms with Crippen molar-refractivity contribution in [1.29, 1.82) is 0 Å². The number of hydrogen-bond donors (Lipinski definition) is 1. The summed E-state index contributed by atoms with van der Waals surface area (Å²) in [7, 11) is 0. The molecule has 0 atom stereocenters. The Kier molecular flexibility index (Phi) is 5.48. The fourth-order valence-corrected chi connectivity index (χ4v) is 4.22. The van der Waals surface area contributed by atoms with Gasteiger partial charge in [0.2, 0.25) is 0 Å². The van der Waals surface area contributed by atoms with E-state index >= 15 is 0 Å². The molecule has 0 spiro atoms. The average Bonchev–Trinajstić information content (AvgIpc) is 3.15. The predicted molar refractivity (Wildman–Crippen MR) is 113 cm³/mol. The first-order chi connectivity index (χ1) is 14.8. The van der Waals surface area contributed by atoms with Crippen LogP contribution in [-0.2, 0) is 9.47 Å². The zero-order chi connectivity index (χ0) is 20.3. The Morgan fingerprint density at radius 1 is 1.03 bits per heavy atom. The van der Waals surface area contributed by atoms with Gasteiger partial charge in [-0.15, -0.1) is 0 Å². The van der Waals surface area contributed by atoms with Crippen molar-refractivity contribution in [3.63, 3.8) is 0 Å². The Balaban J connectivity index is 1.49. The fraction of sp³-hybridized carbons (Fsp3) is 0.476. The van der Waals surface area contributed by atoms with Gasteiger partial charge in [-0.1, -0.05) is 6.07 Å². The Morgan fingerprint density at radius 3 is 2.60 bits per heavy atom. The van der Waals surface area contributed by atoms with Crippen LogP contribution in [0.3, 0.4) is 0 Å². The summed E-state index contributed by atoms with van der Waals surface area (Å²) in [5.41, 5.74) is 2.22. The van der Waals surface area contributed by atoms with E-state index in [2.05, 4.69) is 25.1 Å². The number of fused-ring (bicyclic) bond motifs is 3. The van der Waals surface area contributed by atoms with Gasteiger partial charge in [-0.3, -0.25) is 9.69 Å². The Labute approximate surface area is 174 Å². The number of ether oxygens (including phenoxy) is 2. The Bertz CT molecular complexity index is 1040. The number of anilines is 1. The lowest BCUT2D eigenvalue weighted by atomic mass is 10.1. The number of hydrogen-bond acceptors (Lipinski definition) is 7. The molecule has 0 saturated carbocycles. The van der Waals surface area contributed by atoms with Crippen molar-refractivity contribution in [1.82, 2.24) is 24.6 Å². The van der Waals surface area contributed by atoms with E-state index in [1.54, 1.807) is 6.33 Å². The summed E-state index contributed by atoms with van der Waals surface area (Å²) in [5.74, 6) is 0.705. The van der Waals surface area contributed by atoms with Gasteiger partial charge in [0.05, 0.1) is 42.9 Å². The monoisotopic (exact) mass is 410 g/mol. The van der Waals surface area contributed by atoms with Crippen LogP contribution in [0, 0.1) is 0 Å². The highest BCUT2D eigenvalue weighted by Gasteiger charge is 2.25. The van der Waals surface area contributed by atoms with Gasteiger partial charge in [0.1, 0.15) is 12.1 Å². The SMILES string of the molecule is O=C(NCCN1CCOCC1)c1c2c(N3CCOCC3)ncnc2n2ccccc12. The number of pyridine rings is 1. The summed E-state index contributed by atoms with van der Waals surface area (Å²) in [6.07, 6.45) is 3.52. The third-order valence-electron chi connectivity index (χ3n) is 5.76. The average molecular weight is 410 g/mol. The highest BCUT2D eigenvalue weighted by molar-refractivity contribution is 6.16. The van der Waals surface area contributed by atoms with E-state index in [4.69, 9.17) is 9.47 Å². The lowest BCUT2D eigenvalue weighted by Crippen LogP contribution is -2.41. The number of nitrogens with zero attached hydrogens (tertiary/aromatic N) is 5. The summed E-state index contributed by atoms with van der Waals surface area (Å²) in [4.78, 5) is 26.9. The van der Waals surface area contributed by atoms with E-state index in [1.165, 1.54) is 0 Å². The molecule has 5 rings (SSSR count). The molecule has 1 amide bonds. The van der Waals surface area contributed by atoms with Crippen molar-refractivity contribution >= 4 is 28.3 Å². The first-order valence-corrected chi connectivity index (χ1v) is 10.5. The van der Waals surface area contributed by atoms with Gasteiger partial charge in [-0.2, -0.15) is 0 Å². The van der Waals surface area contributed by atoms with E-state index in [1.807, 2.05) is 28.8 Å². The maximum Gasteiger partial charge on any atom is 0.254 e. The predicted octanol–water partition coefficient (Wildman–Crippen LogP) is 0.781. The zero-order valence-corrected chi connectivity index (χ0v) is 16.9. The van der Waals surface area contributed by atoms with Crippen LogP contribution in [0.5, 0.6) is 0 Å². The van der Waals surface area contributed by atoms with Gasteiger partial charge >= 0.3 is 0 Å². The molecule has 0 unspecified atom stereocenters. The summed E-state index contributed by atoms with van der Waals surface area (Å²) in [6.45, 7) is 7.52. The van der Waals surface area contributed by atoms with Gasteiger partial charge in [0, 0.05) is 45.5 Å². The number of morpholine rings is 2. The summed E-state index contributed by atoms with van der Waals surface area (Å²) in [6, 6.07) is 5.85. The molecule has 9 heteroatoms. The van der Waals surface area contributed by atoms with E-state index < -0.39 is 0 Å². The van der Waals surface area contributed by atoms with Crippen molar-refractivity contribution in [2.24, 2.45) is 0 Å². The van der Waals surface area contributed by atoms with Crippen molar-refractivity contribution in [2.75, 3.05) is 70.6 Å². The van der Waals surface area contributed by atoms with E-state index in [0.717, 1.165) is 68.3 Å². The number of rotatable bonds is 5. The molecule has 2 fully saturated rings. The molecule has 2 aliphatic rings. The highest BCUT2D eigenvalue weighted by Crippen LogP contribution is 2.32. The second-order valence-corrected chi connectivity index (χ2v) is 7.54. The first-order valence-electron chi connectivity index (χ1n) is 10.5. The molecule has 9 nitrogen and oxygen atoms in total. The van der Waals surface area contributed by atoms with Crippen LogP contribution in [0.4, 0.5) is 5.82 Å². The van der Waals surface area contributed by atoms with Gasteiger partial charge in [-0.25, -0.2) is 9.97 Å². The molecule has 0 bridgehead atoms. The van der Waals surface area contributed by atoms with E-state index in [9.17, 15) is 4.79 Å².